The summed E-state index contributed by atoms with van der Waals surface area (Å²) >= 11 is 0. The smallest absolute Gasteiger partial charge is 0.358 e. The third kappa shape index (κ3) is 3.47. The third-order valence-corrected chi connectivity index (χ3v) is 2.69. The van der Waals surface area contributed by atoms with Crippen molar-refractivity contribution < 1.29 is 14.3 Å². The van der Waals surface area contributed by atoms with Gasteiger partial charge in [0.2, 0.25) is 0 Å². The molecule has 0 amide bonds. The molecule has 0 aliphatic carbocycles. The molecule has 2 aromatic rings. The van der Waals surface area contributed by atoms with Crippen molar-refractivity contribution in [2.45, 2.75) is 13.8 Å². The number of carbonyl (C=O) groups is 1. The van der Waals surface area contributed by atoms with Crippen molar-refractivity contribution in [2.24, 2.45) is 4.99 Å². The van der Waals surface area contributed by atoms with Gasteiger partial charge in [0.1, 0.15) is 11.4 Å². The standard InChI is InChI=1S/C15H17N3O3/c1-3-20-10-16-13-12(11-8-6-5-7-9-11)17-18-14(13)15(19)21-4-2/h5-10H,3-4H2,1-2H3,(H,17,18)/b16-10+. The van der Waals surface area contributed by atoms with Crippen LogP contribution in [0.3, 0.4) is 0 Å². The lowest BCUT2D eigenvalue weighted by Gasteiger charge is -2.01. The molecule has 6 heteroatoms. The Morgan fingerprint density at radius 3 is 2.71 bits per heavy atom. The van der Waals surface area contributed by atoms with Crippen molar-refractivity contribution in [3.8, 4) is 11.3 Å². The number of H-pyrrole nitrogens is 1. The topological polar surface area (TPSA) is 76.6 Å². The minimum Gasteiger partial charge on any atom is -0.483 e. The van der Waals surface area contributed by atoms with E-state index in [2.05, 4.69) is 15.2 Å². The SMILES string of the molecule is CCO/C=N/c1c(-c2ccccc2)n[nH]c1C(=O)OCC. The first-order chi connectivity index (χ1) is 10.3. The Morgan fingerprint density at radius 2 is 2.05 bits per heavy atom. The van der Waals surface area contributed by atoms with E-state index in [1.165, 1.54) is 6.40 Å². The molecule has 2 rings (SSSR count). The molecule has 0 radical (unpaired) electrons. The molecule has 0 saturated carbocycles. The van der Waals surface area contributed by atoms with E-state index in [0.29, 0.717) is 18.0 Å². The number of rotatable bonds is 6. The Hall–Kier alpha value is -2.63. The van der Waals surface area contributed by atoms with Crippen LogP contribution in [0.4, 0.5) is 5.69 Å². The van der Waals surface area contributed by atoms with Crippen LogP contribution in [-0.2, 0) is 9.47 Å². The summed E-state index contributed by atoms with van der Waals surface area (Å²) in [7, 11) is 0. The molecule has 0 fully saturated rings. The normalized spacial score (nSPS) is 10.8. The molecule has 110 valence electrons. The van der Waals surface area contributed by atoms with Crippen molar-refractivity contribution >= 4 is 18.1 Å². The minimum absolute atomic E-state index is 0.214. The zero-order valence-electron chi connectivity index (χ0n) is 12.0. The first-order valence-electron chi connectivity index (χ1n) is 6.73. The van der Waals surface area contributed by atoms with Crippen molar-refractivity contribution in [1.29, 1.82) is 0 Å². The largest absolute Gasteiger partial charge is 0.483 e. The lowest BCUT2D eigenvalue weighted by Crippen LogP contribution is -2.05. The molecule has 0 saturated heterocycles. The monoisotopic (exact) mass is 287 g/mol. The second kappa shape index (κ2) is 7.23. The van der Waals surface area contributed by atoms with Gasteiger partial charge in [-0.1, -0.05) is 30.3 Å². The number of hydrogen-bond acceptors (Lipinski definition) is 5. The van der Waals surface area contributed by atoms with Crippen LogP contribution in [0.1, 0.15) is 24.3 Å². The summed E-state index contributed by atoms with van der Waals surface area (Å²) in [5.74, 6) is -0.490. The van der Waals surface area contributed by atoms with Crippen molar-refractivity contribution in [3.63, 3.8) is 0 Å². The van der Waals surface area contributed by atoms with Gasteiger partial charge in [-0.05, 0) is 13.8 Å². The predicted octanol–water partition coefficient (Wildman–Crippen LogP) is 2.95. The van der Waals surface area contributed by atoms with E-state index in [1.54, 1.807) is 6.92 Å². The maximum absolute atomic E-state index is 11.9. The zero-order valence-corrected chi connectivity index (χ0v) is 12.0. The summed E-state index contributed by atoms with van der Waals surface area (Å²) in [6.45, 7) is 4.38. The van der Waals surface area contributed by atoms with E-state index < -0.39 is 5.97 Å². The van der Waals surface area contributed by atoms with Crippen molar-refractivity contribution in [2.75, 3.05) is 13.2 Å². The number of nitrogens with one attached hydrogen (secondary N) is 1. The molecule has 0 aliphatic rings. The maximum Gasteiger partial charge on any atom is 0.358 e. The van der Waals surface area contributed by atoms with E-state index in [1.807, 2.05) is 37.3 Å². The van der Waals surface area contributed by atoms with Gasteiger partial charge in [-0.15, -0.1) is 0 Å². The summed E-state index contributed by atoms with van der Waals surface area (Å²) in [6.07, 6.45) is 1.31. The number of benzene rings is 1. The van der Waals surface area contributed by atoms with Crippen LogP contribution in [0.5, 0.6) is 0 Å². The lowest BCUT2D eigenvalue weighted by molar-refractivity contribution is 0.0520. The summed E-state index contributed by atoms with van der Waals surface area (Å²) in [5, 5.41) is 6.86. The Morgan fingerprint density at radius 1 is 1.29 bits per heavy atom. The molecular weight excluding hydrogens is 270 g/mol. The molecule has 0 aliphatic heterocycles. The molecule has 0 bridgehead atoms. The maximum atomic E-state index is 11.9. The number of aromatic amines is 1. The number of hydrogen-bond donors (Lipinski definition) is 1. The molecule has 1 aromatic carbocycles. The van der Waals surface area contributed by atoms with Gasteiger partial charge in [-0.3, -0.25) is 5.10 Å². The molecule has 0 spiro atoms. The third-order valence-electron chi connectivity index (χ3n) is 2.69. The van der Waals surface area contributed by atoms with Crippen LogP contribution in [0.15, 0.2) is 35.3 Å². The molecule has 6 nitrogen and oxygen atoms in total. The molecule has 21 heavy (non-hydrogen) atoms. The van der Waals surface area contributed by atoms with Gasteiger partial charge >= 0.3 is 5.97 Å². The van der Waals surface area contributed by atoms with Gasteiger partial charge in [-0.25, -0.2) is 9.79 Å². The average molecular weight is 287 g/mol. The van der Waals surface area contributed by atoms with E-state index in [-0.39, 0.29) is 12.3 Å². The second-order valence-electron chi connectivity index (χ2n) is 4.07. The highest BCUT2D eigenvalue weighted by Gasteiger charge is 2.20. The highest BCUT2D eigenvalue weighted by molar-refractivity contribution is 5.97. The summed E-state index contributed by atoms with van der Waals surface area (Å²) in [5.41, 5.74) is 2.06. The minimum atomic E-state index is -0.490. The van der Waals surface area contributed by atoms with Crippen LogP contribution in [0, 0.1) is 0 Å². The fourth-order valence-corrected chi connectivity index (χ4v) is 1.77. The van der Waals surface area contributed by atoms with Gasteiger partial charge in [-0.2, -0.15) is 5.10 Å². The number of nitrogens with zero attached hydrogens (tertiary/aromatic N) is 2. The Kier molecular flexibility index (Phi) is 5.09. The van der Waals surface area contributed by atoms with Crippen molar-refractivity contribution in [3.05, 3.63) is 36.0 Å². The fourth-order valence-electron chi connectivity index (χ4n) is 1.77. The van der Waals surface area contributed by atoms with E-state index >= 15 is 0 Å². The average Bonchev–Trinajstić information content (AvgIpc) is 2.93. The number of aliphatic imine (C=N–C) groups is 1. The molecular formula is C15H17N3O3. The highest BCUT2D eigenvalue weighted by Crippen LogP contribution is 2.31. The van der Waals surface area contributed by atoms with Crippen LogP contribution < -0.4 is 0 Å². The van der Waals surface area contributed by atoms with E-state index in [4.69, 9.17) is 9.47 Å². The summed E-state index contributed by atoms with van der Waals surface area (Å²) < 4.78 is 10.1. The summed E-state index contributed by atoms with van der Waals surface area (Å²) in [6, 6.07) is 9.48. The number of aromatic nitrogens is 2. The Bertz CT molecular complexity index is 620. The van der Waals surface area contributed by atoms with Gasteiger partial charge < -0.3 is 9.47 Å². The Labute approximate surface area is 122 Å². The molecule has 0 atom stereocenters. The first-order valence-corrected chi connectivity index (χ1v) is 6.73. The van der Waals surface area contributed by atoms with Crippen LogP contribution in [-0.4, -0.2) is 35.8 Å². The predicted molar refractivity (Wildman–Crippen MR) is 79.8 cm³/mol. The number of carbonyl (C=O) groups excluding carboxylic acids is 1. The first kappa shape index (κ1) is 14.8. The van der Waals surface area contributed by atoms with E-state index in [0.717, 1.165) is 5.56 Å². The van der Waals surface area contributed by atoms with Crippen LogP contribution in [0.2, 0.25) is 0 Å². The van der Waals surface area contributed by atoms with Gasteiger partial charge in [0.15, 0.2) is 12.1 Å². The van der Waals surface area contributed by atoms with Gasteiger partial charge in [0, 0.05) is 5.56 Å². The zero-order chi connectivity index (χ0) is 15.1. The summed E-state index contributed by atoms with van der Waals surface area (Å²) in [4.78, 5) is 16.1. The van der Waals surface area contributed by atoms with Crippen LogP contribution in [0.25, 0.3) is 11.3 Å². The Balaban J connectivity index is 2.43. The number of ether oxygens (including phenoxy) is 2. The molecule has 1 N–H and O–H groups in total. The van der Waals surface area contributed by atoms with Crippen molar-refractivity contribution in [1.82, 2.24) is 10.2 Å². The van der Waals surface area contributed by atoms with Crippen LogP contribution >= 0.6 is 0 Å². The highest BCUT2D eigenvalue weighted by atomic mass is 16.5. The number of esters is 1. The second-order valence-corrected chi connectivity index (χ2v) is 4.07. The molecule has 1 aromatic heterocycles. The quantitative estimate of drug-likeness (QED) is 0.503. The molecule has 0 unspecified atom stereocenters. The van der Waals surface area contributed by atoms with Gasteiger partial charge in [0.05, 0.1) is 13.2 Å². The lowest BCUT2D eigenvalue weighted by atomic mass is 10.1. The fraction of sp³-hybridized carbons (Fsp3) is 0.267. The molecule has 1 heterocycles. The van der Waals surface area contributed by atoms with Gasteiger partial charge in [0.25, 0.3) is 0 Å². The van der Waals surface area contributed by atoms with E-state index in [9.17, 15) is 4.79 Å².